The first-order valence-electron chi connectivity index (χ1n) is 6.48. The van der Waals surface area contributed by atoms with Crippen LogP contribution >= 0.6 is 31.9 Å². The van der Waals surface area contributed by atoms with Gasteiger partial charge in [0.15, 0.2) is 0 Å². The number of benzene rings is 1. The molecule has 0 aliphatic heterocycles. The monoisotopic (exact) mass is 401 g/mol. The molecule has 1 heterocycles. The topological polar surface area (TPSA) is 53.1 Å². The lowest BCUT2D eigenvalue weighted by Crippen LogP contribution is -2.07. The normalized spacial score (nSPS) is 10.8. The number of aromatic nitrogens is 2. The van der Waals surface area contributed by atoms with E-state index in [0.717, 1.165) is 33.3 Å². The molecule has 20 heavy (non-hydrogen) atoms. The van der Waals surface area contributed by atoms with E-state index in [-0.39, 0.29) is 0 Å². The molecule has 0 fully saturated rings. The van der Waals surface area contributed by atoms with Gasteiger partial charge in [-0.05, 0) is 47.5 Å². The fraction of sp³-hybridized carbons (Fsp3) is 0.357. The molecular weight excluding hydrogens is 386 g/mol. The second-order valence-corrected chi connectivity index (χ2v) is 6.06. The average molecular weight is 403 g/mol. The maximum absolute atomic E-state index is 5.94. The van der Waals surface area contributed by atoms with Gasteiger partial charge in [0, 0.05) is 11.0 Å². The first-order valence-corrected chi connectivity index (χ1v) is 8.07. The van der Waals surface area contributed by atoms with Crippen molar-refractivity contribution in [3.8, 4) is 5.75 Å². The van der Waals surface area contributed by atoms with Crippen molar-refractivity contribution in [2.24, 2.45) is 0 Å². The van der Waals surface area contributed by atoms with Crippen LogP contribution in [-0.4, -0.2) is 9.78 Å². The Morgan fingerprint density at radius 2 is 2.05 bits per heavy atom. The molecule has 0 bridgehead atoms. The number of ether oxygens (including phenoxy) is 1. The van der Waals surface area contributed by atoms with Gasteiger partial charge in [0.05, 0.1) is 21.5 Å². The van der Waals surface area contributed by atoms with Gasteiger partial charge in [0.2, 0.25) is 0 Å². The molecule has 0 aliphatic carbocycles. The minimum Gasteiger partial charge on any atom is -0.485 e. The van der Waals surface area contributed by atoms with Crippen molar-refractivity contribution in [3.05, 3.63) is 38.5 Å². The number of nitrogens with zero attached hydrogens (tertiary/aromatic N) is 2. The lowest BCUT2D eigenvalue weighted by Gasteiger charge is -2.10. The van der Waals surface area contributed by atoms with Gasteiger partial charge in [0.25, 0.3) is 0 Å². The largest absolute Gasteiger partial charge is 0.485 e. The Morgan fingerprint density at radius 1 is 1.30 bits per heavy atom. The molecule has 0 saturated heterocycles. The highest BCUT2D eigenvalue weighted by atomic mass is 79.9. The molecule has 108 valence electrons. The predicted octanol–water partition coefficient (Wildman–Crippen LogP) is 4.15. The minimum absolute atomic E-state index is 0.438. The van der Waals surface area contributed by atoms with Crippen molar-refractivity contribution in [2.75, 3.05) is 5.73 Å². The van der Waals surface area contributed by atoms with Crippen LogP contribution in [0.5, 0.6) is 5.75 Å². The number of hydrogen-bond acceptors (Lipinski definition) is 3. The fourth-order valence-electron chi connectivity index (χ4n) is 1.95. The van der Waals surface area contributed by atoms with Gasteiger partial charge >= 0.3 is 0 Å². The molecule has 2 rings (SSSR count). The average Bonchev–Trinajstić information content (AvgIpc) is 2.74. The summed E-state index contributed by atoms with van der Waals surface area (Å²) in [7, 11) is 0. The number of nitrogen functional groups attached to an aromatic ring is 1. The molecule has 2 aromatic rings. The summed E-state index contributed by atoms with van der Waals surface area (Å²) in [5.74, 6) is 0.682. The standard InChI is InChI=1S/C14H17Br2N3O/c1-3-11-14(16)12(19(4-2)18-11)8-20-13-6-5-9(15)7-10(13)17/h5-7H,3-4,8,17H2,1-2H3. The zero-order valence-corrected chi connectivity index (χ0v) is 14.7. The van der Waals surface area contributed by atoms with Gasteiger partial charge in [-0.2, -0.15) is 5.10 Å². The Labute approximate surface area is 135 Å². The Balaban J connectivity index is 2.20. The van der Waals surface area contributed by atoms with Crippen LogP contribution in [0.3, 0.4) is 0 Å². The maximum Gasteiger partial charge on any atom is 0.142 e. The number of nitrogens with two attached hydrogens (primary N) is 1. The van der Waals surface area contributed by atoms with E-state index in [1.165, 1.54) is 0 Å². The van der Waals surface area contributed by atoms with E-state index in [1.54, 1.807) is 0 Å². The molecule has 0 aliphatic rings. The lowest BCUT2D eigenvalue weighted by molar-refractivity contribution is 0.293. The third-order valence-corrected chi connectivity index (χ3v) is 4.44. The zero-order valence-electron chi connectivity index (χ0n) is 11.5. The molecule has 0 saturated carbocycles. The van der Waals surface area contributed by atoms with E-state index in [9.17, 15) is 0 Å². The van der Waals surface area contributed by atoms with E-state index in [1.807, 2.05) is 22.9 Å². The highest BCUT2D eigenvalue weighted by molar-refractivity contribution is 9.10. The SMILES string of the molecule is CCc1nn(CC)c(COc2ccc(Br)cc2N)c1Br. The Kier molecular flexibility index (Phi) is 5.10. The number of aryl methyl sites for hydroxylation is 2. The number of halogens is 2. The van der Waals surface area contributed by atoms with E-state index in [0.29, 0.717) is 18.0 Å². The molecular formula is C14H17Br2N3O. The first-order chi connectivity index (χ1) is 9.56. The van der Waals surface area contributed by atoms with Gasteiger partial charge in [-0.3, -0.25) is 4.68 Å². The quantitative estimate of drug-likeness (QED) is 0.764. The van der Waals surface area contributed by atoms with Crippen molar-refractivity contribution in [3.63, 3.8) is 0 Å². The smallest absolute Gasteiger partial charge is 0.142 e. The van der Waals surface area contributed by atoms with Crippen LogP contribution in [-0.2, 0) is 19.6 Å². The number of rotatable bonds is 5. The second-order valence-electron chi connectivity index (χ2n) is 4.35. The molecule has 0 amide bonds. The minimum atomic E-state index is 0.438. The summed E-state index contributed by atoms with van der Waals surface area (Å²) >= 11 is 6.99. The zero-order chi connectivity index (χ0) is 14.7. The third-order valence-electron chi connectivity index (χ3n) is 3.03. The van der Waals surface area contributed by atoms with Crippen LogP contribution in [0, 0.1) is 0 Å². The molecule has 6 heteroatoms. The maximum atomic E-state index is 5.94. The van der Waals surface area contributed by atoms with Crippen LogP contribution < -0.4 is 10.5 Å². The van der Waals surface area contributed by atoms with Crippen molar-refractivity contribution in [2.45, 2.75) is 33.4 Å². The summed E-state index contributed by atoms with van der Waals surface area (Å²) in [6.07, 6.45) is 0.890. The molecule has 2 N–H and O–H groups in total. The highest BCUT2D eigenvalue weighted by Gasteiger charge is 2.14. The fourth-order valence-corrected chi connectivity index (χ4v) is 3.01. The molecule has 1 aromatic carbocycles. The van der Waals surface area contributed by atoms with Gasteiger partial charge < -0.3 is 10.5 Å². The van der Waals surface area contributed by atoms with Crippen LogP contribution in [0.1, 0.15) is 25.2 Å². The van der Waals surface area contributed by atoms with Crippen molar-refractivity contribution in [1.29, 1.82) is 0 Å². The van der Waals surface area contributed by atoms with Crippen LogP contribution in [0.4, 0.5) is 5.69 Å². The van der Waals surface area contributed by atoms with Crippen LogP contribution in [0.2, 0.25) is 0 Å². The van der Waals surface area contributed by atoms with Crippen molar-refractivity contribution in [1.82, 2.24) is 9.78 Å². The third kappa shape index (κ3) is 3.17. The van der Waals surface area contributed by atoms with E-state index >= 15 is 0 Å². The van der Waals surface area contributed by atoms with E-state index in [4.69, 9.17) is 10.5 Å². The van der Waals surface area contributed by atoms with Crippen LogP contribution in [0.15, 0.2) is 27.1 Å². The first kappa shape index (κ1) is 15.4. The Hall–Kier alpha value is -1.01. The molecule has 4 nitrogen and oxygen atoms in total. The highest BCUT2D eigenvalue weighted by Crippen LogP contribution is 2.28. The summed E-state index contributed by atoms with van der Waals surface area (Å²) in [5.41, 5.74) is 8.64. The summed E-state index contributed by atoms with van der Waals surface area (Å²) in [6.45, 7) is 5.40. The van der Waals surface area contributed by atoms with E-state index in [2.05, 4.69) is 50.8 Å². The summed E-state index contributed by atoms with van der Waals surface area (Å²) in [6, 6.07) is 5.61. The summed E-state index contributed by atoms with van der Waals surface area (Å²) in [5, 5.41) is 4.55. The second kappa shape index (κ2) is 6.63. The number of hydrogen-bond donors (Lipinski definition) is 1. The Bertz CT molecular complexity index is 611. The van der Waals surface area contributed by atoms with Gasteiger partial charge in [-0.25, -0.2) is 0 Å². The predicted molar refractivity (Wildman–Crippen MR) is 87.9 cm³/mol. The van der Waals surface area contributed by atoms with Crippen LogP contribution in [0.25, 0.3) is 0 Å². The summed E-state index contributed by atoms with van der Waals surface area (Å²) in [4.78, 5) is 0. The molecule has 0 unspecified atom stereocenters. The van der Waals surface area contributed by atoms with Gasteiger partial charge in [-0.1, -0.05) is 22.9 Å². The van der Waals surface area contributed by atoms with E-state index < -0.39 is 0 Å². The molecule has 1 aromatic heterocycles. The van der Waals surface area contributed by atoms with Crippen molar-refractivity contribution >= 4 is 37.5 Å². The van der Waals surface area contributed by atoms with Crippen molar-refractivity contribution < 1.29 is 4.74 Å². The number of anilines is 1. The van der Waals surface area contributed by atoms with Gasteiger partial charge in [-0.15, -0.1) is 0 Å². The lowest BCUT2D eigenvalue weighted by atomic mass is 10.3. The van der Waals surface area contributed by atoms with Gasteiger partial charge in [0.1, 0.15) is 12.4 Å². The molecule has 0 radical (unpaired) electrons. The summed E-state index contributed by atoms with van der Waals surface area (Å²) < 4.78 is 9.74. The molecule has 0 atom stereocenters. The Morgan fingerprint density at radius 3 is 2.65 bits per heavy atom. The molecule has 0 spiro atoms.